The van der Waals surface area contributed by atoms with Gasteiger partial charge in [-0.1, -0.05) is 68.4 Å². The van der Waals surface area contributed by atoms with Crippen molar-refractivity contribution in [3.8, 4) is 11.1 Å². The van der Waals surface area contributed by atoms with Gasteiger partial charge < -0.3 is 14.8 Å². The predicted molar refractivity (Wildman–Crippen MR) is 138 cm³/mol. The molecule has 0 unspecified atom stereocenters. The first-order chi connectivity index (χ1) is 17.3. The minimum Gasteiger partial charge on any atom is -0.468 e. The third-order valence-electron chi connectivity index (χ3n) is 7.20. The first-order valence-corrected chi connectivity index (χ1v) is 12.5. The van der Waals surface area contributed by atoms with Gasteiger partial charge in [-0.15, -0.1) is 0 Å². The van der Waals surface area contributed by atoms with Crippen LogP contribution in [0.4, 0.5) is 0 Å². The molecule has 2 aliphatic rings. The fourth-order valence-electron chi connectivity index (χ4n) is 5.11. The van der Waals surface area contributed by atoms with Crippen LogP contribution in [0.1, 0.15) is 52.0 Å². The molecule has 6 heteroatoms. The van der Waals surface area contributed by atoms with Crippen LogP contribution in [0.3, 0.4) is 0 Å². The standard InChI is InChI=1S/C30H33NO5/c1-6-18(3)36-30(34)25-19(4)31-23-16-17(2)24(29(33)35-5)28(32)27(23)26(25)22-14-12-21(13-15-22)20-10-8-7-9-11-20/h7-15,17-18,24,26,31H,6,16H2,1-5H3/t17-,18-,24-,26-/m1/s1. The zero-order chi connectivity index (χ0) is 26.0. The van der Waals surface area contributed by atoms with Crippen LogP contribution in [0.5, 0.6) is 0 Å². The monoisotopic (exact) mass is 487 g/mol. The van der Waals surface area contributed by atoms with Gasteiger partial charge >= 0.3 is 11.9 Å². The Morgan fingerprint density at radius 3 is 2.31 bits per heavy atom. The number of methoxy groups -OCH3 is 1. The van der Waals surface area contributed by atoms with E-state index < -0.39 is 23.8 Å². The van der Waals surface area contributed by atoms with Crippen molar-refractivity contribution in [1.29, 1.82) is 0 Å². The van der Waals surface area contributed by atoms with Crippen molar-refractivity contribution >= 4 is 17.7 Å². The lowest BCUT2D eigenvalue weighted by Gasteiger charge is -2.38. The molecule has 0 bridgehead atoms. The van der Waals surface area contributed by atoms with Crippen molar-refractivity contribution in [3.05, 3.63) is 82.7 Å². The van der Waals surface area contributed by atoms with Gasteiger partial charge in [-0.25, -0.2) is 4.79 Å². The quantitative estimate of drug-likeness (QED) is 0.439. The summed E-state index contributed by atoms with van der Waals surface area (Å²) in [6, 6.07) is 17.9. The first-order valence-electron chi connectivity index (χ1n) is 12.5. The highest BCUT2D eigenvalue weighted by Gasteiger charge is 2.47. The Balaban J connectivity index is 1.83. The third kappa shape index (κ3) is 4.72. The second kappa shape index (κ2) is 10.5. The Kier molecular flexibility index (Phi) is 7.43. The highest BCUT2D eigenvalue weighted by molar-refractivity contribution is 6.12. The van der Waals surface area contributed by atoms with Crippen LogP contribution in [-0.4, -0.2) is 30.9 Å². The van der Waals surface area contributed by atoms with Crippen molar-refractivity contribution in [1.82, 2.24) is 5.32 Å². The minimum absolute atomic E-state index is 0.223. The van der Waals surface area contributed by atoms with E-state index in [1.54, 1.807) is 0 Å². The maximum Gasteiger partial charge on any atom is 0.337 e. The van der Waals surface area contributed by atoms with Gasteiger partial charge in [0, 0.05) is 22.9 Å². The Hall–Kier alpha value is -3.67. The number of Topliss-reactive ketones (excluding diaryl/α,β-unsaturated/α-hetero) is 1. The number of hydrogen-bond acceptors (Lipinski definition) is 6. The summed E-state index contributed by atoms with van der Waals surface area (Å²) in [4.78, 5) is 39.8. The number of ketones is 1. The van der Waals surface area contributed by atoms with Crippen LogP contribution in [-0.2, 0) is 23.9 Å². The van der Waals surface area contributed by atoms with Gasteiger partial charge in [0.05, 0.1) is 18.8 Å². The van der Waals surface area contributed by atoms with E-state index >= 15 is 0 Å². The van der Waals surface area contributed by atoms with Crippen molar-refractivity contribution in [3.63, 3.8) is 0 Å². The van der Waals surface area contributed by atoms with Gasteiger partial charge in [-0.3, -0.25) is 9.59 Å². The molecule has 1 aliphatic carbocycles. The Morgan fingerprint density at radius 1 is 1.06 bits per heavy atom. The number of carbonyl (C=O) groups excluding carboxylic acids is 3. The summed E-state index contributed by atoms with van der Waals surface area (Å²) in [5, 5.41) is 3.30. The number of rotatable bonds is 6. The molecule has 0 aromatic heterocycles. The zero-order valence-corrected chi connectivity index (χ0v) is 21.5. The normalized spacial score (nSPS) is 22.5. The zero-order valence-electron chi connectivity index (χ0n) is 21.5. The van der Waals surface area contributed by atoms with Gasteiger partial charge in [0.2, 0.25) is 0 Å². The number of benzene rings is 2. The molecule has 1 aliphatic heterocycles. The third-order valence-corrected chi connectivity index (χ3v) is 7.20. The Bertz CT molecular complexity index is 1230. The van der Waals surface area contributed by atoms with E-state index in [1.807, 2.05) is 82.3 Å². The van der Waals surface area contributed by atoms with E-state index in [9.17, 15) is 14.4 Å². The number of allylic oxidation sites excluding steroid dienone is 3. The molecule has 0 amide bonds. The maximum atomic E-state index is 13.8. The SMILES string of the molecule is CC[C@@H](C)OC(=O)C1=C(C)NC2=C(C(=O)[C@H](C(=O)OC)[C@H](C)C2)[C@@H]1c1ccc(-c2ccccc2)cc1. The number of dihydropyridines is 1. The van der Waals surface area contributed by atoms with Crippen LogP contribution in [0.25, 0.3) is 11.1 Å². The molecule has 4 atom stereocenters. The summed E-state index contributed by atoms with van der Waals surface area (Å²) < 4.78 is 10.7. The minimum atomic E-state index is -0.910. The summed E-state index contributed by atoms with van der Waals surface area (Å²) in [6.07, 6.45) is 0.917. The molecule has 0 saturated carbocycles. The first kappa shape index (κ1) is 25.4. The van der Waals surface area contributed by atoms with Crippen LogP contribution in [0, 0.1) is 11.8 Å². The van der Waals surface area contributed by atoms with Crippen molar-refractivity contribution in [2.24, 2.45) is 11.8 Å². The van der Waals surface area contributed by atoms with E-state index in [0.717, 1.165) is 22.4 Å². The van der Waals surface area contributed by atoms with E-state index in [1.165, 1.54) is 7.11 Å². The van der Waals surface area contributed by atoms with Crippen LogP contribution in [0.15, 0.2) is 77.1 Å². The Morgan fingerprint density at radius 2 is 1.69 bits per heavy atom. The molecule has 2 aromatic carbocycles. The molecule has 6 nitrogen and oxygen atoms in total. The van der Waals surface area contributed by atoms with Gasteiger partial charge in [0.25, 0.3) is 0 Å². The summed E-state index contributed by atoms with van der Waals surface area (Å²) in [6.45, 7) is 7.51. The lowest BCUT2D eigenvalue weighted by atomic mass is 9.69. The van der Waals surface area contributed by atoms with Crippen LogP contribution in [0.2, 0.25) is 0 Å². The molecule has 0 radical (unpaired) electrons. The second-order valence-corrected chi connectivity index (χ2v) is 9.65. The number of hydrogen-bond donors (Lipinski definition) is 1. The van der Waals surface area contributed by atoms with E-state index in [4.69, 9.17) is 9.47 Å². The van der Waals surface area contributed by atoms with E-state index in [2.05, 4.69) is 5.32 Å². The maximum absolute atomic E-state index is 13.8. The fraction of sp³-hybridized carbons (Fsp3) is 0.367. The lowest BCUT2D eigenvalue weighted by molar-refractivity contribution is -0.151. The molecular formula is C30H33NO5. The highest BCUT2D eigenvalue weighted by Crippen LogP contribution is 2.45. The molecule has 0 spiro atoms. The van der Waals surface area contributed by atoms with Crippen LogP contribution >= 0.6 is 0 Å². The van der Waals surface area contributed by atoms with E-state index in [-0.39, 0.29) is 17.8 Å². The average molecular weight is 488 g/mol. The number of nitrogens with one attached hydrogen (secondary N) is 1. The molecule has 4 rings (SSSR count). The molecule has 1 N–H and O–H groups in total. The van der Waals surface area contributed by atoms with Gasteiger partial charge in [-0.2, -0.15) is 0 Å². The smallest absolute Gasteiger partial charge is 0.337 e. The Labute approximate surface area is 212 Å². The second-order valence-electron chi connectivity index (χ2n) is 9.65. The molecule has 2 aromatic rings. The van der Waals surface area contributed by atoms with Crippen molar-refractivity contribution in [2.75, 3.05) is 7.11 Å². The number of carbonyl (C=O) groups is 3. The fourth-order valence-corrected chi connectivity index (χ4v) is 5.11. The molecule has 1 heterocycles. The number of esters is 2. The highest BCUT2D eigenvalue weighted by atomic mass is 16.5. The lowest BCUT2D eigenvalue weighted by Crippen LogP contribution is -2.43. The van der Waals surface area contributed by atoms with Gasteiger partial charge in [0.15, 0.2) is 5.78 Å². The van der Waals surface area contributed by atoms with E-state index in [0.29, 0.717) is 29.7 Å². The summed E-state index contributed by atoms with van der Waals surface area (Å²) in [7, 11) is 1.30. The summed E-state index contributed by atoms with van der Waals surface area (Å²) in [5.74, 6) is -3.09. The molecule has 0 fully saturated rings. The topological polar surface area (TPSA) is 81.7 Å². The van der Waals surface area contributed by atoms with Crippen molar-refractivity contribution in [2.45, 2.75) is 52.6 Å². The molecule has 0 saturated heterocycles. The number of ether oxygens (including phenoxy) is 2. The molecule has 188 valence electrons. The average Bonchev–Trinajstić information content (AvgIpc) is 2.88. The molecular weight excluding hydrogens is 454 g/mol. The van der Waals surface area contributed by atoms with Gasteiger partial charge in [-0.05, 0) is 49.3 Å². The molecule has 36 heavy (non-hydrogen) atoms. The summed E-state index contributed by atoms with van der Waals surface area (Å²) >= 11 is 0. The van der Waals surface area contributed by atoms with Crippen LogP contribution < -0.4 is 5.32 Å². The summed E-state index contributed by atoms with van der Waals surface area (Å²) in [5.41, 5.74) is 5.16. The predicted octanol–water partition coefficient (Wildman–Crippen LogP) is 5.31. The van der Waals surface area contributed by atoms with Gasteiger partial charge in [0.1, 0.15) is 5.92 Å². The largest absolute Gasteiger partial charge is 0.468 e. The van der Waals surface area contributed by atoms with Crippen molar-refractivity contribution < 1.29 is 23.9 Å².